The molecular formula is C17H29N3O3S. The molecule has 136 valence electrons. The molecule has 1 saturated heterocycles. The first-order chi connectivity index (χ1) is 11.4. The van der Waals surface area contributed by atoms with E-state index in [1.54, 1.807) is 17.1 Å². The van der Waals surface area contributed by atoms with Crippen molar-refractivity contribution in [2.75, 3.05) is 20.1 Å². The number of amides is 2. The molecule has 0 radical (unpaired) electrons. The van der Waals surface area contributed by atoms with Crippen molar-refractivity contribution in [3.05, 3.63) is 29.8 Å². The minimum Gasteiger partial charge on any atom is -0.270 e. The normalized spacial score (nSPS) is 15.7. The molecule has 1 heterocycles. The summed E-state index contributed by atoms with van der Waals surface area (Å²) in [4.78, 5) is 12.3. The van der Waals surface area contributed by atoms with Crippen molar-refractivity contribution in [3.8, 4) is 0 Å². The molecule has 1 aliphatic heterocycles. The molecule has 2 rings (SSSR count). The number of rotatable bonds is 3. The van der Waals surface area contributed by atoms with Gasteiger partial charge in [-0.2, -0.15) is 0 Å². The number of carbonyl (C=O) groups excluding carboxylic acids is 1. The van der Waals surface area contributed by atoms with Gasteiger partial charge in [0, 0.05) is 20.1 Å². The van der Waals surface area contributed by atoms with Crippen molar-refractivity contribution in [1.82, 2.24) is 14.7 Å². The Morgan fingerprint density at radius 3 is 2.04 bits per heavy atom. The second-order valence-corrected chi connectivity index (χ2v) is 7.57. The lowest BCUT2D eigenvalue weighted by molar-refractivity contribution is 0.170. The summed E-state index contributed by atoms with van der Waals surface area (Å²) in [5, 5.41) is 1.80. The molecule has 0 aromatic heterocycles. The zero-order chi connectivity index (χ0) is 18.2. The molecule has 0 bridgehead atoms. The van der Waals surface area contributed by atoms with Crippen LogP contribution >= 0.6 is 0 Å². The molecule has 0 saturated carbocycles. The van der Waals surface area contributed by atoms with Crippen LogP contribution in [0.3, 0.4) is 0 Å². The van der Waals surface area contributed by atoms with Gasteiger partial charge < -0.3 is 0 Å². The molecule has 7 heteroatoms. The number of nitrogens with one attached hydrogen (secondary N) is 1. The number of hydrazine groups is 1. The molecule has 2 amide bonds. The van der Waals surface area contributed by atoms with Crippen LogP contribution < -0.4 is 5.43 Å². The number of sulfonamides is 1. The van der Waals surface area contributed by atoms with E-state index in [9.17, 15) is 13.2 Å². The highest BCUT2D eigenvalue weighted by Crippen LogP contribution is 2.15. The van der Waals surface area contributed by atoms with Gasteiger partial charge in [-0.25, -0.2) is 22.5 Å². The fourth-order valence-corrected chi connectivity index (χ4v) is 3.42. The lowest BCUT2D eigenvalue weighted by Crippen LogP contribution is -2.49. The van der Waals surface area contributed by atoms with E-state index in [0.29, 0.717) is 0 Å². The Kier molecular flexibility index (Phi) is 8.21. The largest absolute Gasteiger partial charge is 0.345 e. The zero-order valence-electron chi connectivity index (χ0n) is 15.1. The summed E-state index contributed by atoms with van der Waals surface area (Å²) >= 11 is 0. The Morgan fingerprint density at radius 2 is 1.54 bits per heavy atom. The molecule has 6 nitrogen and oxygen atoms in total. The first-order valence-corrected chi connectivity index (χ1v) is 9.96. The average Bonchev–Trinajstić information content (AvgIpc) is 2.85. The van der Waals surface area contributed by atoms with Crippen LogP contribution in [0.25, 0.3) is 0 Å². The maximum atomic E-state index is 12.4. The summed E-state index contributed by atoms with van der Waals surface area (Å²) in [7, 11) is -2.54. The van der Waals surface area contributed by atoms with Crippen molar-refractivity contribution in [1.29, 1.82) is 0 Å². The summed E-state index contributed by atoms with van der Waals surface area (Å²) in [5.41, 5.74) is 3.66. The second-order valence-electron chi connectivity index (χ2n) is 5.60. The number of benzene rings is 1. The molecule has 1 fully saturated rings. The standard InChI is InChI=1S/C15H23N3O3S.C2H6/c1-13-7-9-14(10-8-13)22(20,21)17(2)15(19)16-18-11-5-3-4-6-12-18;1-2/h7-10H,3-6,11-12H2,1-2H3,(H,16,19);1-2H3. The number of aryl methyl sites for hydroxylation is 1. The summed E-state index contributed by atoms with van der Waals surface area (Å²) in [6.07, 6.45) is 4.30. The molecule has 0 spiro atoms. The highest BCUT2D eigenvalue weighted by molar-refractivity contribution is 7.89. The average molecular weight is 356 g/mol. The van der Waals surface area contributed by atoms with Gasteiger partial charge >= 0.3 is 6.03 Å². The molecule has 1 aromatic carbocycles. The number of urea groups is 1. The fourth-order valence-electron chi connectivity index (χ4n) is 2.37. The number of nitrogens with zero attached hydrogens (tertiary/aromatic N) is 2. The third kappa shape index (κ3) is 5.49. The Morgan fingerprint density at radius 1 is 1.04 bits per heavy atom. The highest BCUT2D eigenvalue weighted by Gasteiger charge is 2.26. The minimum atomic E-state index is -3.82. The SMILES string of the molecule is CC.Cc1ccc(S(=O)(=O)N(C)C(=O)NN2CCCCCC2)cc1. The van der Waals surface area contributed by atoms with E-state index < -0.39 is 16.1 Å². The van der Waals surface area contributed by atoms with Gasteiger partial charge in [0.05, 0.1) is 4.90 Å². The van der Waals surface area contributed by atoms with Gasteiger partial charge in [-0.15, -0.1) is 0 Å². The summed E-state index contributed by atoms with van der Waals surface area (Å²) in [6, 6.07) is 5.84. The molecule has 1 N–H and O–H groups in total. The quantitative estimate of drug-likeness (QED) is 0.904. The van der Waals surface area contributed by atoms with E-state index in [-0.39, 0.29) is 4.90 Å². The predicted octanol–water partition coefficient (Wildman–Crippen LogP) is 3.14. The molecule has 1 aliphatic rings. The van der Waals surface area contributed by atoms with Gasteiger partial charge in [-0.05, 0) is 31.9 Å². The lowest BCUT2D eigenvalue weighted by Gasteiger charge is -2.25. The van der Waals surface area contributed by atoms with Crippen LogP contribution in [-0.4, -0.2) is 43.9 Å². The van der Waals surface area contributed by atoms with Gasteiger partial charge in [0.25, 0.3) is 10.0 Å². The Labute approximate surface area is 145 Å². The van der Waals surface area contributed by atoms with Gasteiger partial charge in [0.15, 0.2) is 0 Å². The van der Waals surface area contributed by atoms with Crippen LogP contribution in [0.15, 0.2) is 29.2 Å². The molecule has 0 unspecified atom stereocenters. The topological polar surface area (TPSA) is 69.7 Å². The molecule has 1 aromatic rings. The maximum Gasteiger partial charge on any atom is 0.345 e. The number of carbonyl (C=O) groups is 1. The first kappa shape index (κ1) is 20.4. The van der Waals surface area contributed by atoms with Crippen LogP contribution in [0.1, 0.15) is 45.1 Å². The van der Waals surface area contributed by atoms with Crippen LogP contribution in [0.2, 0.25) is 0 Å². The van der Waals surface area contributed by atoms with Gasteiger partial charge in [0.2, 0.25) is 0 Å². The Bertz CT molecular complexity index is 606. The molecule has 0 atom stereocenters. The molecule has 0 aliphatic carbocycles. The Hall–Kier alpha value is -1.60. The van der Waals surface area contributed by atoms with Crippen LogP contribution in [0, 0.1) is 6.92 Å². The fraction of sp³-hybridized carbons (Fsp3) is 0.588. The Balaban J connectivity index is 0.00000139. The van der Waals surface area contributed by atoms with Crippen molar-refractivity contribution in [2.45, 2.75) is 51.3 Å². The van der Waals surface area contributed by atoms with Crippen molar-refractivity contribution >= 4 is 16.1 Å². The van der Waals surface area contributed by atoms with Crippen molar-refractivity contribution in [2.24, 2.45) is 0 Å². The zero-order valence-corrected chi connectivity index (χ0v) is 15.9. The van der Waals surface area contributed by atoms with E-state index in [2.05, 4.69) is 5.43 Å². The molecular weight excluding hydrogens is 326 g/mol. The summed E-state index contributed by atoms with van der Waals surface area (Å²) in [5.74, 6) is 0. The highest BCUT2D eigenvalue weighted by atomic mass is 32.2. The maximum absolute atomic E-state index is 12.4. The summed E-state index contributed by atoms with van der Waals surface area (Å²) < 4.78 is 25.6. The third-order valence-corrected chi connectivity index (χ3v) is 5.58. The molecule has 24 heavy (non-hydrogen) atoms. The van der Waals surface area contributed by atoms with Gasteiger partial charge in [-0.1, -0.05) is 44.4 Å². The van der Waals surface area contributed by atoms with E-state index in [4.69, 9.17) is 0 Å². The third-order valence-electron chi connectivity index (χ3n) is 3.83. The van der Waals surface area contributed by atoms with E-state index in [1.807, 2.05) is 20.8 Å². The van der Waals surface area contributed by atoms with Crippen molar-refractivity contribution in [3.63, 3.8) is 0 Å². The minimum absolute atomic E-state index is 0.117. The number of hydrogen-bond donors (Lipinski definition) is 1. The van der Waals surface area contributed by atoms with Gasteiger partial charge in [-0.3, -0.25) is 5.43 Å². The monoisotopic (exact) mass is 355 g/mol. The van der Waals surface area contributed by atoms with Crippen molar-refractivity contribution < 1.29 is 13.2 Å². The van der Waals surface area contributed by atoms with E-state index in [1.165, 1.54) is 19.2 Å². The first-order valence-electron chi connectivity index (χ1n) is 8.52. The van der Waals surface area contributed by atoms with Crippen LogP contribution in [0.5, 0.6) is 0 Å². The number of hydrogen-bond acceptors (Lipinski definition) is 4. The van der Waals surface area contributed by atoms with Gasteiger partial charge in [0.1, 0.15) is 0 Å². The predicted molar refractivity (Wildman–Crippen MR) is 96.0 cm³/mol. The van der Waals surface area contributed by atoms with Crippen LogP contribution in [0.4, 0.5) is 4.79 Å². The van der Waals surface area contributed by atoms with E-state index in [0.717, 1.165) is 48.6 Å². The summed E-state index contributed by atoms with van der Waals surface area (Å²) in [6.45, 7) is 7.39. The van der Waals surface area contributed by atoms with E-state index >= 15 is 0 Å². The smallest absolute Gasteiger partial charge is 0.270 e. The second kappa shape index (κ2) is 9.64. The lowest BCUT2D eigenvalue weighted by atomic mass is 10.2. The van der Waals surface area contributed by atoms with Crippen LogP contribution in [-0.2, 0) is 10.0 Å².